The van der Waals surface area contributed by atoms with E-state index in [1.165, 1.54) is 0 Å². The SMILES string of the molecule is CCC1OC(C(C)C)C(C)C(C)C1C(C)C. The molecule has 0 aromatic heterocycles. The molecule has 96 valence electrons. The highest BCUT2D eigenvalue weighted by molar-refractivity contribution is 4.89. The third kappa shape index (κ3) is 2.61. The molecule has 0 bridgehead atoms. The van der Waals surface area contributed by atoms with E-state index < -0.39 is 0 Å². The van der Waals surface area contributed by atoms with Crippen molar-refractivity contribution in [2.75, 3.05) is 0 Å². The summed E-state index contributed by atoms with van der Waals surface area (Å²) in [6.45, 7) is 16.3. The van der Waals surface area contributed by atoms with Gasteiger partial charge in [-0.05, 0) is 36.0 Å². The van der Waals surface area contributed by atoms with E-state index in [2.05, 4.69) is 48.5 Å². The lowest BCUT2D eigenvalue weighted by Crippen LogP contribution is -2.49. The number of ether oxygens (including phenoxy) is 1. The van der Waals surface area contributed by atoms with Gasteiger partial charge in [-0.25, -0.2) is 0 Å². The molecule has 1 aliphatic rings. The van der Waals surface area contributed by atoms with Crippen LogP contribution in [0.1, 0.15) is 54.9 Å². The molecule has 5 atom stereocenters. The van der Waals surface area contributed by atoms with Crippen LogP contribution in [-0.2, 0) is 4.74 Å². The fourth-order valence-corrected chi connectivity index (χ4v) is 3.57. The van der Waals surface area contributed by atoms with Crippen LogP contribution in [0.25, 0.3) is 0 Å². The molecular weight excluding hydrogens is 196 g/mol. The molecule has 1 rings (SSSR count). The minimum absolute atomic E-state index is 0.454. The van der Waals surface area contributed by atoms with E-state index in [0.717, 1.165) is 24.2 Å². The zero-order valence-corrected chi connectivity index (χ0v) is 12.2. The summed E-state index contributed by atoms with van der Waals surface area (Å²) in [6.07, 6.45) is 2.08. The maximum absolute atomic E-state index is 6.35. The predicted molar refractivity (Wildman–Crippen MR) is 70.4 cm³/mol. The normalized spacial score (nSPS) is 40.7. The van der Waals surface area contributed by atoms with Crippen molar-refractivity contribution in [1.82, 2.24) is 0 Å². The van der Waals surface area contributed by atoms with E-state index in [0.29, 0.717) is 24.0 Å². The first kappa shape index (κ1) is 14.0. The van der Waals surface area contributed by atoms with Gasteiger partial charge in [-0.15, -0.1) is 0 Å². The Hall–Kier alpha value is -0.0400. The molecule has 0 aromatic rings. The standard InChI is InChI=1S/C15H30O/c1-8-13-14(9(2)3)11(6)12(7)15(16-13)10(4)5/h9-15H,8H2,1-7H3. The van der Waals surface area contributed by atoms with E-state index >= 15 is 0 Å². The topological polar surface area (TPSA) is 9.23 Å². The number of hydrogen-bond donors (Lipinski definition) is 0. The first-order valence-electron chi connectivity index (χ1n) is 7.05. The van der Waals surface area contributed by atoms with Gasteiger partial charge in [0.25, 0.3) is 0 Å². The zero-order chi connectivity index (χ0) is 12.5. The number of rotatable bonds is 3. The smallest absolute Gasteiger partial charge is 0.0630 e. The van der Waals surface area contributed by atoms with Gasteiger partial charge in [0.15, 0.2) is 0 Å². The van der Waals surface area contributed by atoms with Crippen LogP contribution in [0.5, 0.6) is 0 Å². The van der Waals surface area contributed by atoms with Gasteiger partial charge in [0.1, 0.15) is 0 Å². The lowest BCUT2D eigenvalue weighted by molar-refractivity contribution is -0.164. The summed E-state index contributed by atoms with van der Waals surface area (Å²) in [6, 6.07) is 0. The molecule has 5 unspecified atom stereocenters. The summed E-state index contributed by atoms with van der Waals surface area (Å²) in [5, 5.41) is 0. The van der Waals surface area contributed by atoms with Gasteiger partial charge < -0.3 is 4.74 Å². The molecule has 0 radical (unpaired) electrons. The van der Waals surface area contributed by atoms with Crippen molar-refractivity contribution in [2.24, 2.45) is 29.6 Å². The van der Waals surface area contributed by atoms with Crippen LogP contribution in [0.3, 0.4) is 0 Å². The van der Waals surface area contributed by atoms with Crippen LogP contribution >= 0.6 is 0 Å². The fraction of sp³-hybridized carbons (Fsp3) is 1.00. The molecule has 0 amide bonds. The van der Waals surface area contributed by atoms with Crippen molar-refractivity contribution >= 4 is 0 Å². The molecule has 0 spiro atoms. The average Bonchev–Trinajstić information content (AvgIpc) is 2.20. The summed E-state index contributed by atoms with van der Waals surface area (Å²) >= 11 is 0. The van der Waals surface area contributed by atoms with Crippen LogP contribution in [0.2, 0.25) is 0 Å². The third-order valence-electron chi connectivity index (χ3n) is 4.55. The van der Waals surface area contributed by atoms with Gasteiger partial charge in [0, 0.05) is 0 Å². The molecule has 1 heterocycles. The molecule has 1 fully saturated rings. The second kappa shape index (κ2) is 5.53. The minimum Gasteiger partial charge on any atom is -0.374 e. The summed E-state index contributed by atoms with van der Waals surface area (Å²) in [7, 11) is 0. The minimum atomic E-state index is 0.454. The van der Waals surface area contributed by atoms with Crippen LogP contribution in [0, 0.1) is 29.6 Å². The highest BCUT2D eigenvalue weighted by atomic mass is 16.5. The monoisotopic (exact) mass is 226 g/mol. The second-order valence-electron chi connectivity index (χ2n) is 6.33. The quantitative estimate of drug-likeness (QED) is 0.694. The zero-order valence-electron chi connectivity index (χ0n) is 12.2. The summed E-state index contributed by atoms with van der Waals surface area (Å²) in [4.78, 5) is 0. The maximum atomic E-state index is 6.35. The van der Waals surface area contributed by atoms with Gasteiger partial charge in [-0.2, -0.15) is 0 Å². The van der Waals surface area contributed by atoms with Gasteiger partial charge >= 0.3 is 0 Å². The van der Waals surface area contributed by atoms with Crippen molar-refractivity contribution in [3.63, 3.8) is 0 Å². The van der Waals surface area contributed by atoms with Crippen molar-refractivity contribution in [3.05, 3.63) is 0 Å². The first-order chi connectivity index (χ1) is 7.40. The molecule has 1 nitrogen and oxygen atoms in total. The Bertz CT molecular complexity index is 207. The van der Waals surface area contributed by atoms with Crippen LogP contribution in [0.4, 0.5) is 0 Å². The molecule has 0 aliphatic carbocycles. The van der Waals surface area contributed by atoms with E-state index in [4.69, 9.17) is 4.74 Å². The molecule has 0 saturated carbocycles. The summed E-state index contributed by atoms with van der Waals surface area (Å²) in [5.41, 5.74) is 0. The van der Waals surface area contributed by atoms with Crippen molar-refractivity contribution < 1.29 is 4.74 Å². The van der Waals surface area contributed by atoms with E-state index in [-0.39, 0.29) is 0 Å². The fourth-order valence-electron chi connectivity index (χ4n) is 3.57. The van der Waals surface area contributed by atoms with Crippen LogP contribution < -0.4 is 0 Å². The molecular formula is C15H30O. The van der Waals surface area contributed by atoms with Crippen molar-refractivity contribution in [2.45, 2.75) is 67.1 Å². The second-order valence-corrected chi connectivity index (χ2v) is 6.33. The highest BCUT2D eigenvalue weighted by Gasteiger charge is 2.42. The Labute approximate surface area is 102 Å². The van der Waals surface area contributed by atoms with Crippen LogP contribution in [-0.4, -0.2) is 12.2 Å². The van der Waals surface area contributed by atoms with E-state index in [1.807, 2.05) is 0 Å². The van der Waals surface area contributed by atoms with Gasteiger partial charge in [-0.1, -0.05) is 48.5 Å². The van der Waals surface area contributed by atoms with Gasteiger partial charge in [0.05, 0.1) is 12.2 Å². The molecule has 0 aromatic carbocycles. The Kier molecular flexibility index (Phi) is 4.85. The Morgan fingerprint density at radius 3 is 1.88 bits per heavy atom. The lowest BCUT2D eigenvalue weighted by atomic mass is 9.68. The lowest BCUT2D eigenvalue weighted by Gasteiger charge is -2.48. The number of hydrogen-bond acceptors (Lipinski definition) is 1. The third-order valence-corrected chi connectivity index (χ3v) is 4.55. The molecule has 1 saturated heterocycles. The largest absolute Gasteiger partial charge is 0.374 e. The molecule has 1 aliphatic heterocycles. The van der Waals surface area contributed by atoms with Gasteiger partial charge in [0.2, 0.25) is 0 Å². The Morgan fingerprint density at radius 1 is 0.938 bits per heavy atom. The summed E-state index contributed by atoms with van der Waals surface area (Å²) in [5.74, 6) is 3.58. The molecule has 0 N–H and O–H groups in total. The average molecular weight is 226 g/mol. The Balaban J connectivity index is 2.85. The van der Waals surface area contributed by atoms with E-state index in [1.54, 1.807) is 0 Å². The van der Waals surface area contributed by atoms with Crippen molar-refractivity contribution in [3.8, 4) is 0 Å². The van der Waals surface area contributed by atoms with Crippen molar-refractivity contribution in [1.29, 1.82) is 0 Å². The summed E-state index contributed by atoms with van der Waals surface area (Å²) < 4.78 is 6.35. The first-order valence-corrected chi connectivity index (χ1v) is 7.05. The molecule has 1 heteroatoms. The highest BCUT2D eigenvalue weighted by Crippen LogP contribution is 2.42. The maximum Gasteiger partial charge on any atom is 0.0630 e. The Morgan fingerprint density at radius 2 is 1.50 bits per heavy atom. The predicted octanol–water partition coefficient (Wildman–Crippen LogP) is 4.36. The molecule has 16 heavy (non-hydrogen) atoms. The van der Waals surface area contributed by atoms with Crippen LogP contribution in [0.15, 0.2) is 0 Å². The van der Waals surface area contributed by atoms with E-state index in [9.17, 15) is 0 Å². The van der Waals surface area contributed by atoms with Gasteiger partial charge in [-0.3, -0.25) is 0 Å².